The fourth-order valence-electron chi connectivity index (χ4n) is 0.958. The SMILES string of the molecule is Cc1cnn(CCCCCl)c1. The Kier molecular flexibility index (Phi) is 3.43. The van der Waals surface area contributed by atoms with E-state index in [9.17, 15) is 0 Å². The van der Waals surface area contributed by atoms with Crippen molar-refractivity contribution in [2.75, 3.05) is 5.88 Å². The number of halogens is 1. The Hall–Kier alpha value is -0.500. The molecule has 2 nitrogen and oxygen atoms in total. The summed E-state index contributed by atoms with van der Waals surface area (Å²) in [6, 6.07) is 0. The highest BCUT2D eigenvalue weighted by atomic mass is 35.5. The van der Waals surface area contributed by atoms with E-state index >= 15 is 0 Å². The molecule has 0 radical (unpaired) electrons. The molecule has 0 unspecified atom stereocenters. The number of alkyl halides is 1. The molecule has 1 aromatic rings. The molecule has 11 heavy (non-hydrogen) atoms. The molecule has 0 bridgehead atoms. The van der Waals surface area contributed by atoms with Gasteiger partial charge in [-0.05, 0) is 25.3 Å². The second kappa shape index (κ2) is 4.39. The second-order valence-corrected chi connectivity index (χ2v) is 3.05. The lowest BCUT2D eigenvalue weighted by atomic mass is 10.3. The molecule has 62 valence electrons. The van der Waals surface area contributed by atoms with Crippen molar-refractivity contribution < 1.29 is 0 Å². The van der Waals surface area contributed by atoms with Gasteiger partial charge in [0, 0.05) is 18.6 Å². The highest BCUT2D eigenvalue weighted by Gasteiger charge is 1.92. The van der Waals surface area contributed by atoms with Crippen LogP contribution in [0.2, 0.25) is 0 Å². The first-order chi connectivity index (χ1) is 5.33. The van der Waals surface area contributed by atoms with Gasteiger partial charge in [0.1, 0.15) is 0 Å². The molecule has 0 fully saturated rings. The molecule has 0 atom stereocenters. The van der Waals surface area contributed by atoms with Gasteiger partial charge < -0.3 is 0 Å². The van der Waals surface area contributed by atoms with Crippen LogP contribution in [0.4, 0.5) is 0 Å². The van der Waals surface area contributed by atoms with Crippen molar-refractivity contribution in [3.05, 3.63) is 18.0 Å². The first-order valence-electron chi connectivity index (χ1n) is 3.88. The molecule has 0 saturated heterocycles. The lowest BCUT2D eigenvalue weighted by Gasteiger charge is -1.97. The molecule has 0 saturated carbocycles. The van der Waals surface area contributed by atoms with Gasteiger partial charge in [0.15, 0.2) is 0 Å². The smallest absolute Gasteiger partial charge is 0.0518 e. The third-order valence-corrected chi connectivity index (χ3v) is 1.80. The lowest BCUT2D eigenvalue weighted by Crippen LogP contribution is -1.97. The standard InChI is InChI=1S/C8H13ClN2/c1-8-6-10-11(7-8)5-3-2-4-9/h6-7H,2-5H2,1H3. The third-order valence-electron chi connectivity index (χ3n) is 1.53. The van der Waals surface area contributed by atoms with E-state index in [2.05, 4.69) is 5.10 Å². The molecule has 0 aliphatic carbocycles. The number of hydrogen-bond donors (Lipinski definition) is 0. The summed E-state index contributed by atoms with van der Waals surface area (Å²) in [5, 5.41) is 4.16. The largest absolute Gasteiger partial charge is 0.272 e. The second-order valence-electron chi connectivity index (χ2n) is 2.68. The number of hydrogen-bond acceptors (Lipinski definition) is 1. The van der Waals surface area contributed by atoms with E-state index in [1.165, 1.54) is 5.56 Å². The predicted molar refractivity (Wildman–Crippen MR) is 46.9 cm³/mol. The molecular weight excluding hydrogens is 160 g/mol. The van der Waals surface area contributed by atoms with Crippen molar-refractivity contribution in [2.24, 2.45) is 0 Å². The molecule has 3 heteroatoms. The fourth-order valence-corrected chi connectivity index (χ4v) is 1.15. The monoisotopic (exact) mass is 172 g/mol. The zero-order valence-corrected chi connectivity index (χ0v) is 7.51. The summed E-state index contributed by atoms with van der Waals surface area (Å²) in [5.41, 5.74) is 1.22. The van der Waals surface area contributed by atoms with E-state index in [4.69, 9.17) is 11.6 Å². The van der Waals surface area contributed by atoms with Crippen LogP contribution in [-0.2, 0) is 6.54 Å². The van der Waals surface area contributed by atoms with Gasteiger partial charge in [-0.2, -0.15) is 5.10 Å². The Balaban J connectivity index is 2.27. The summed E-state index contributed by atoms with van der Waals surface area (Å²) in [5.74, 6) is 0.750. The maximum atomic E-state index is 5.54. The summed E-state index contributed by atoms with van der Waals surface area (Å²) in [7, 11) is 0. The van der Waals surface area contributed by atoms with Crippen LogP contribution >= 0.6 is 11.6 Å². The topological polar surface area (TPSA) is 17.8 Å². The first kappa shape index (κ1) is 8.60. The van der Waals surface area contributed by atoms with Crippen LogP contribution < -0.4 is 0 Å². The van der Waals surface area contributed by atoms with E-state index in [1.54, 1.807) is 0 Å². The van der Waals surface area contributed by atoms with Crippen LogP contribution in [0.25, 0.3) is 0 Å². The number of nitrogens with zero attached hydrogens (tertiary/aromatic N) is 2. The van der Waals surface area contributed by atoms with Gasteiger partial charge in [0.05, 0.1) is 6.20 Å². The lowest BCUT2D eigenvalue weighted by molar-refractivity contribution is 0.573. The Bertz CT molecular complexity index is 208. The Morgan fingerprint density at radius 2 is 2.36 bits per heavy atom. The average Bonchev–Trinajstić information content (AvgIpc) is 2.37. The van der Waals surface area contributed by atoms with Crippen LogP contribution in [0.3, 0.4) is 0 Å². The highest BCUT2D eigenvalue weighted by molar-refractivity contribution is 6.17. The minimum absolute atomic E-state index is 0.750. The molecule has 0 aliphatic rings. The first-order valence-corrected chi connectivity index (χ1v) is 4.41. The molecule has 1 rings (SSSR count). The molecule has 0 N–H and O–H groups in total. The van der Waals surface area contributed by atoms with E-state index in [0.29, 0.717) is 0 Å². The van der Waals surface area contributed by atoms with Crippen LogP contribution in [0.5, 0.6) is 0 Å². The Morgan fingerprint density at radius 1 is 1.55 bits per heavy atom. The third kappa shape index (κ3) is 2.93. The summed E-state index contributed by atoms with van der Waals surface area (Å²) < 4.78 is 1.96. The number of aromatic nitrogens is 2. The van der Waals surface area contributed by atoms with Gasteiger partial charge in [-0.25, -0.2) is 0 Å². The molecule has 1 heterocycles. The molecule has 0 aliphatic heterocycles. The minimum Gasteiger partial charge on any atom is -0.272 e. The quantitative estimate of drug-likeness (QED) is 0.503. The summed E-state index contributed by atoms with van der Waals surface area (Å²) >= 11 is 5.54. The van der Waals surface area contributed by atoms with Crippen LogP contribution in [-0.4, -0.2) is 15.7 Å². The molecule has 1 aromatic heterocycles. The maximum absolute atomic E-state index is 5.54. The van der Waals surface area contributed by atoms with E-state index < -0.39 is 0 Å². The minimum atomic E-state index is 0.750. The van der Waals surface area contributed by atoms with Gasteiger partial charge in [0.2, 0.25) is 0 Å². The van der Waals surface area contributed by atoms with Crippen LogP contribution in [0.1, 0.15) is 18.4 Å². The van der Waals surface area contributed by atoms with Crippen LogP contribution in [0, 0.1) is 6.92 Å². The molecule has 0 amide bonds. The molecule has 0 aromatic carbocycles. The maximum Gasteiger partial charge on any atom is 0.0518 e. The zero-order valence-electron chi connectivity index (χ0n) is 6.76. The normalized spacial score (nSPS) is 10.4. The molecular formula is C8H13ClN2. The van der Waals surface area contributed by atoms with Crippen molar-refractivity contribution >= 4 is 11.6 Å². The number of aryl methyl sites for hydroxylation is 2. The predicted octanol–water partition coefficient (Wildman–Crippen LogP) is 2.21. The van der Waals surface area contributed by atoms with Gasteiger partial charge in [0.25, 0.3) is 0 Å². The van der Waals surface area contributed by atoms with Crippen molar-refractivity contribution in [3.63, 3.8) is 0 Å². The average molecular weight is 173 g/mol. The Labute approximate surface area is 72.2 Å². The van der Waals surface area contributed by atoms with E-state index in [0.717, 1.165) is 25.3 Å². The van der Waals surface area contributed by atoms with E-state index in [-0.39, 0.29) is 0 Å². The van der Waals surface area contributed by atoms with Gasteiger partial charge in [-0.3, -0.25) is 4.68 Å². The van der Waals surface area contributed by atoms with Gasteiger partial charge in [-0.1, -0.05) is 0 Å². The zero-order chi connectivity index (χ0) is 8.10. The van der Waals surface area contributed by atoms with E-state index in [1.807, 2.05) is 24.0 Å². The van der Waals surface area contributed by atoms with Crippen molar-refractivity contribution in [1.29, 1.82) is 0 Å². The highest BCUT2D eigenvalue weighted by Crippen LogP contribution is 1.98. The number of unbranched alkanes of at least 4 members (excludes halogenated alkanes) is 1. The van der Waals surface area contributed by atoms with Crippen molar-refractivity contribution in [3.8, 4) is 0 Å². The van der Waals surface area contributed by atoms with Crippen molar-refractivity contribution in [1.82, 2.24) is 9.78 Å². The fraction of sp³-hybridized carbons (Fsp3) is 0.625. The van der Waals surface area contributed by atoms with Crippen molar-refractivity contribution in [2.45, 2.75) is 26.3 Å². The van der Waals surface area contributed by atoms with Gasteiger partial charge >= 0.3 is 0 Å². The summed E-state index contributed by atoms with van der Waals surface area (Å²) in [6.07, 6.45) is 6.11. The molecule has 0 spiro atoms. The summed E-state index contributed by atoms with van der Waals surface area (Å²) in [4.78, 5) is 0. The van der Waals surface area contributed by atoms with Crippen LogP contribution in [0.15, 0.2) is 12.4 Å². The summed E-state index contributed by atoms with van der Waals surface area (Å²) in [6.45, 7) is 3.03. The van der Waals surface area contributed by atoms with Gasteiger partial charge in [-0.15, -0.1) is 11.6 Å². The number of rotatable bonds is 4. The Morgan fingerprint density at radius 3 is 2.91 bits per heavy atom.